The molecular weight excluding hydrogens is 362 g/mol. The Morgan fingerprint density at radius 3 is 2.45 bits per heavy atom. The van der Waals surface area contributed by atoms with Gasteiger partial charge < -0.3 is 14.8 Å². The number of fused-ring (bicyclic) bond motifs is 2. The van der Waals surface area contributed by atoms with Crippen LogP contribution in [0.15, 0.2) is 84.9 Å². The third-order valence-corrected chi connectivity index (χ3v) is 4.81. The predicted molar refractivity (Wildman–Crippen MR) is 116 cm³/mol. The molecule has 0 fully saturated rings. The van der Waals surface area contributed by atoms with Crippen molar-refractivity contribution in [3.05, 3.63) is 84.9 Å². The molecule has 0 spiro atoms. The van der Waals surface area contributed by atoms with Crippen LogP contribution in [0.3, 0.4) is 0 Å². The first-order valence-electron chi connectivity index (χ1n) is 9.74. The van der Waals surface area contributed by atoms with Crippen LogP contribution in [0.5, 0.6) is 11.5 Å². The highest BCUT2D eigenvalue weighted by atomic mass is 16.5. The van der Waals surface area contributed by atoms with Crippen molar-refractivity contribution in [1.29, 1.82) is 0 Å². The fourth-order valence-corrected chi connectivity index (χ4v) is 3.30. The quantitative estimate of drug-likeness (QED) is 0.458. The van der Waals surface area contributed by atoms with Crippen LogP contribution >= 0.6 is 0 Å². The molecule has 146 valence electrons. The minimum Gasteiger partial charge on any atom is -0.491 e. The zero-order valence-electron chi connectivity index (χ0n) is 16.3. The number of benzene rings is 4. The first-order chi connectivity index (χ1) is 14.2. The lowest BCUT2D eigenvalue weighted by Gasteiger charge is -2.15. The van der Waals surface area contributed by atoms with Gasteiger partial charge in [-0.1, -0.05) is 66.7 Å². The maximum Gasteiger partial charge on any atom is 0.260 e. The van der Waals surface area contributed by atoms with Crippen LogP contribution in [0.2, 0.25) is 0 Å². The Bertz CT molecular complexity index is 1130. The Labute approximate surface area is 170 Å². The first kappa shape index (κ1) is 18.8. The summed E-state index contributed by atoms with van der Waals surface area (Å²) < 4.78 is 11.7. The van der Waals surface area contributed by atoms with Gasteiger partial charge in [0.25, 0.3) is 5.91 Å². The Hall–Kier alpha value is -3.53. The van der Waals surface area contributed by atoms with E-state index in [0.29, 0.717) is 18.9 Å². The average Bonchev–Trinajstić information content (AvgIpc) is 2.76. The summed E-state index contributed by atoms with van der Waals surface area (Å²) in [4.78, 5) is 12.3. The molecule has 0 saturated carbocycles. The molecule has 4 aromatic rings. The second-order valence-corrected chi connectivity index (χ2v) is 6.89. The number of carbonyl (C=O) groups excluding carboxylic acids is 1. The second-order valence-electron chi connectivity index (χ2n) is 6.89. The number of rotatable bonds is 7. The minimum absolute atomic E-state index is 0.167. The highest BCUT2D eigenvalue weighted by Gasteiger charge is 2.14. The summed E-state index contributed by atoms with van der Waals surface area (Å²) in [5.74, 6) is 1.33. The standard InChI is InChI=1S/C25H23NO3/c1-18(29-22-14-13-19-7-2-3-9-21(19)17-22)25(27)26-15-16-28-24-12-6-10-20-8-4-5-11-23(20)24/h2-14,17-18H,15-16H2,1H3,(H,26,27). The summed E-state index contributed by atoms with van der Waals surface area (Å²) in [6, 6.07) is 27.9. The van der Waals surface area contributed by atoms with Crippen LogP contribution in [0.25, 0.3) is 21.5 Å². The molecule has 0 saturated heterocycles. The van der Waals surface area contributed by atoms with Crippen molar-refractivity contribution in [3.8, 4) is 11.5 Å². The van der Waals surface area contributed by atoms with E-state index < -0.39 is 6.10 Å². The number of hydrogen-bond donors (Lipinski definition) is 1. The van der Waals surface area contributed by atoms with E-state index in [1.54, 1.807) is 6.92 Å². The fraction of sp³-hybridized carbons (Fsp3) is 0.160. The van der Waals surface area contributed by atoms with Gasteiger partial charge in [-0.05, 0) is 41.3 Å². The third-order valence-electron chi connectivity index (χ3n) is 4.81. The summed E-state index contributed by atoms with van der Waals surface area (Å²) in [5.41, 5.74) is 0. The number of hydrogen-bond acceptors (Lipinski definition) is 3. The van der Waals surface area contributed by atoms with Crippen molar-refractivity contribution in [2.45, 2.75) is 13.0 Å². The van der Waals surface area contributed by atoms with Crippen molar-refractivity contribution in [3.63, 3.8) is 0 Å². The average molecular weight is 385 g/mol. The van der Waals surface area contributed by atoms with Crippen molar-refractivity contribution in [1.82, 2.24) is 5.32 Å². The van der Waals surface area contributed by atoms with Gasteiger partial charge in [-0.3, -0.25) is 4.79 Å². The van der Waals surface area contributed by atoms with Gasteiger partial charge in [0, 0.05) is 5.39 Å². The largest absolute Gasteiger partial charge is 0.491 e. The Balaban J connectivity index is 1.28. The summed E-state index contributed by atoms with van der Waals surface area (Å²) in [6.45, 7) is 2.55. The zero-order valence-corrected chi connectivity index (χ0v) is 16.3. The van der Waals surface area contributed by atoms with Gasteiger partial charge in [-0.25, -0.2) is 0 Å². The molecule has 0 bridgehead atoms. The number of amides is 1. The van der Waals surface area contributed by atoms with E-state index in [0.717, 1.165) is 27.3 Å². The number of nitrogens with one attached hydrogen (secondary N) is 1. The smallest absolute Gasteiger partial charge is 0.260 e. The molecular formula is C25H23NO3. The summed E-state index contributed by atoms with van der Waals surface area (Å²) in [6.07, 6.45) is -0.589. The summed E-state index contributed by atoms with van der Waals surface area (Å²) in [5, 5.41) is 7.29. The molecule has 0 heterocycles. The minimum atomic E-state index is -0.589. The normalized spacial score (nSPS) is 11.9. The molecule has 1 atom stereocenters. The molecule has 1 N–H and O–H groups in total. The SMILES string of the molecule is CC(Oc1ccc2ccccc2c1)C(=O)NCCOc1cccc2ccccc12. The van der Waals surface area contributed by atoms with Crippen LogP contribution < -0.4 is 14.8 Å². The lowest BCUT2D eigenvalue weighted by Crippen LogP contribution is -2.38. The topological polar surface area (TPSA) is 47.6 Å². The van der Waals surface area contributed by atoms with Crippen LogP contribution in [0.4, 0.5) is 0 Å². The van der Waals surface area contributed by atoms with Gasteiger partial charge in [0.2, 0.25) is 0 Å². The molecule has 0 aromatic heterocycles. The second kappa shape index (κ2) is 8.65. The lowest BCUT2D eigenvalue weighted by atomic mass is 10.1. The monoisotopic (exact) mass is 385 g/mol. The van der Waals surface area contributed by atoms with Gasteiger partial charge in [0.15, 0.2) is 6.10 Å². The van der Waals surface area contributed by atoms with Crippen molar-refractivity contribution < 1.29 is 14.3 Å². The molecule has 0 aliphatic heterocycles. The molecule has 4 nitrogen and oxygen atoms in total. The highest BCUT2D eigenvalue weighted by molar-refractivity contribution is 5.88. The van der Waals surface area contributed by atoms with E-state index in [2.05, 4.69) is 17.4 Å². The molecule has 0 aliphatic rings. The van der Waals surface area contributed by atoms with Crippen molar-refractivity contribution in [2.24, 2.45) is 0 Å². The molecule has 1 amide bonds. The van der Waals surface area contributed by atoms with Gasteiger partial charge >= 0.3 is 0 Å². The molecule has 4 rings (SSSR count). The number of ether oxygens (including phenoxy) is 2. The fourth-order valence-electron chi connectivity index (χ4n) is 3.30. The van der Waals surface area contributed by atoms with Crippen LogP contribution in [-0.4, -0.2) is 25.2 Å². The Morgan fingerprint density at radius 1 is 0.862 bits per heavy atom. The van der Waals surface area contributed by atoms with E-state index in [1.165, 1.54) is 0 Å². The van der Waals surface area contributed by atoms with Crippen LogP contribution in [0.1, 0.15) is 6.92 Å². The predicted octanol–water partition coefficient (Wildman–Crippen LogP) is 4.96. The van der Waals surface area contributed by atoms with Gasteiger partial charge in [-0.2, -0.15) is 0 Å². The van der Waals surface area contributed by atoms with E-state index in [4.69, 9.17) is 9.47 Å². The molecule has 4 aromatic carbocycles. The Kier molecular flexibility index (Phi) is 5.61. The maximum atomic E-state index is 12.3. The first-order valence-corrected chi connectivity index (χ1v) is 9.74. The maximum absolute atomic E-state index is 12.3. The summed E-state index contributed by atoms with van der Waals surface area (Å²) >= 11 is 0. The Morgan fingerprint density at radius 2 is 1.59 bits per heavy atom. The molecule has 1 unspecified atom stereocenters. The van der Waals surface area contributed by atoms with Crippen molar-refractivity contribution in [2.75, 3.05) is 13.2 Å². The number of carbonyl (C=O) groups is 1. The van der Waals surface area contributed by atoms with Crippen LogP contribution in [-0.2, 0) is 4.79 Å². The van der Waals surface area contributed by atoms with Gasteiger partial charge in [-0.15, -0.1) is 0 Å². The lowest BCUT2D eigenvalue weighted by molar-refractivity contribution is -0.127. The van der Waals surface area contributed by atoms with E-state index >= 15 is 0 Å². The third kappa shape index (κ3) is 4.49. The molecule has 4 heteroatoms. The van der Waals surface area contributed by atoms with E-state index in [9.17, 15) is 4.79 Å². The van der Waals surface area contributed by atoms with Gasteiger partial charge in [0.1, 0.15) is 18.1 Å². The summed E-state index contributed by atoms with van der Waals surface area (Å²) in [7, 11) is 0. The zero-order chi connectivity index (χ0) is 20.1. The molecule has 0 aliphatic carbocycles. The van der Waals surface area contributed by atoms with Crippen LogP contribution in [0, 0.1) is 0 Å². The highest BCUT2D eigenvalue weighted by Crippen LogP contribution is 2.25. The van der Waals surface area contributed by atoms with E-state index in [-0.39, 0.29) is 5.91 Å². The van der Waals surface area contributed by atoms with Gasteiger partial charge in [0.05, 0.1) is 6.54 Å². The van der Waals surface area contributed by atoms with Crippen molar-refractivity contribution >= 4 is 27.5 Å². The molecule has 0 radical (unpaired) electrons. The van der Waals surface area contributed by atoms with E-state index in [1.807, 2.05) is 72.8 Å². The molecule has 29 heavy (non-hydrogen) atoms.